The van der Waals surface area contributed by atoms with Crippen LogP contribution in [0.1, 0.15) is 65.3 Å². The van der Waals surface area contributed by atoms with Crippen LogP contribution in [0.4, 0.5) is 13.2 Å². The number of ether oxygens (including phenoxy) is 2. The molecule has 1 spiro atoms. The molecule has 196 valence electrons. The van der Waals surface area contributed by atoms with Gasteiger partial charge in [0.1, 0.15) is 17.4 Å². The molecule has 0 aliphatic heterocycles. The number of carbonyl (C=O) groups excluding carboxylic acids is 2. The summed E-state index contributed by atoms with van der Waals surface area (Å²) in [5.74, 6) is -0.545. The van der Waals surface area contributed by atoms with Crippen LogP contribution in [0.2, 0.25) is 0 Å². The number of rotatable bonds is 8. The number of carbonyl (C=O) groups is 2. The molecule has 3 N–H and O–H groups in total. The maximum absolute atomic E-state index is 12.8. The predicted octanol–water partition coefficient (Wildman–Crippen LogP) is 3.03. The SMILES string of the molecule is NC(=O)c1cn(C2CC2)nc1O[C@H]1CC2(C[C@H](NC(=O)c3cnn4cc(OCC(F)(F)F)ccc34)C2)C1. The van der Waals surface area contributed by atoms with Crippen molar-refractivity contribution in [2.24, 2.45) is 11.1 Å². The van der Waals surface area contributed by atoms with Crippen LogP contribution in [0, 0.1) is 5.41 Å². The van der Waals surface area contributed by atoms with Crippen molar-refractivity contribution in [3.8, 4) is 11.6 Å². The number of fused-ring (bicyclic) bond motifs is 1. The van der Waals surface area contributed by atoms with Crippen LogP contribution in [-0.4, -0.2) is 56.1 Å². The van der Waals surface area contributed by atoms with Crippen molar-refractivity contribution in [1.82, 2.24) is 24.7 Å². The summed E-state index contributed by atoms with van der Waals surface area (Å²) in [7, 11) is 0. The third-order valence-corrected chi connectivity index (χ3v) is 7.31. The molecular weight excluding hydrogens is 493 g/mol. The topological polar surface area (TPSA) is 126 Å². The summed E-state index contributed by atoms with van der Waals surface area (Å²) in [4.78, 5) is 24.6. The molecule has 0 aromatic carbocycles. The van der Waals surface area contributed by atoms with Crippen molar-refractivity contribution in [2.75, 3.05) is 6.61 Å². The minimum Gasteiger partial charge on any atom is -0.483 e. The van der Waals surface area contributed by atoms with Gasteiger partial charge in [-0.05, 0) is 56.1 Å². The van der Waals surface area contributed by atoms with Crippen molar-refractivity contribution in [2.45, 2.75) is 62.9 Å². The molecular formula is C24H25F3N6O4. The number of nitrogens with zero attached hydrogens (tertiary/aromatic N) is 4. The Bertz CT molecular complexity index is 1360. The Morgan fingerprint density at radius 1 is 1.14 bits per heavy atom. The lowest BCUT2D eigenvalue weighted by Gasteiger charge is -2.57. The lowest BCUT2D eigenvalue weighted by Crippen LogP contribution is -2.58. The number of primary amides is 1. The minimum absolute atomic E-state index is 0.00447. The molecule has 3 aromatic rings. The van der Waals surface area contributed by atoms with Crippen LogP contribution < -0.4 is 20.5 Å². The van der Waals surface area contributed by atoms with Crippen molar-refractivity contribution < 1.29 is 32.2 Å². The molecule has 0 radical (unpaired) electrons. The van der Waals surface area contributed by atoms with Gasteiger partial charge in [0.2, 0.25) is 5.88 Å². The highest BCUT2D eigenvalue weighted by Gasteiger charge is 2.54. The first kappa shape index (κ1) is 23.6. The summed E-state index contributed by atoms with van der Waals surface area (Å²) in [5.41, 5.74) is 6.69. The van der Waals surface area contributed by atoms with E-state index in [9.17, 15) is 22.8 Å². The van der Waals surface area contributed by atoms with E-state index in [1.54, 1.807) is 10.9 Å². The second kappa shape index (κ2) is 8.38. The molecule has 0 saturated heterocycles. The lowest BCUT2D eigenvalue weighted by molar-refractivity contribution is -0.153. The first-order valence-electron chi connectivity index (χ1n) is 12.1. The summed E-state index contributed by atoms with van der Waals surface area (Å²) < 4.78 is 50.9. The fourth-order valence-corrected chi connectivity index (χ4v) is 5.38. The van der Waals surface area contributed by atoms with Crippen molar-refractivity contribution in [3.05, 3.63) is 41.9 Å². The monoisotopic (exact) mass is 518 g/mol. The van der Waals surface area contributed by atoms with E-state index in [2.05, 4.69) is 15.5 Å². The van der Waals surface area contributed by atoms with E-state index < -0.39 is 18.7 Å². The van der Waals surface area contributed by atoms with Gasteiger partial charge in [-0.25, -0.2) is 4.52 Å². The van der Waals surface area contributed by atoms with E-state index in [4.69, 9.17) is 15.2 Å². The number of nitrogens with one attached hydrogen (secondary N) is 1. The van der Waals surface area contributed by atoms with Gasteiger partial charge in [-0.1, -0.05) is 0 Å². The van der Waals surface area contributed by atoms with E-state index in [0.717, 1.165) is 38.5 Å². The summed E-state index contributed by atoms with van der Waals surface area (Å²) >= 11 is 0. The van der Waals surface area contributed by atoms with Crippen LogP contribution in [-0.2, 0) is 0 Å². The third kappa shape index (κ3) is 4.69. The number of halogens is 3. The zero-order valence-electron chi connectivity index (χ0n) is 19.7. The molecule has 0 bridgehead atoms. The zero-order valence-corrected chi connectivity index (χ0v) is 19.7. The van der Waals surface area contributed by atoms with Crippen LogP contribution in [0.15, 0.2) is 30.7 Å². The van der Waals surface area contributed by atoms with E-state index in [1.165, 1.54) is 29.0 Å². The fraction of sp³-hybridized carbons (Fsp3) is 0.500. The quantitative estimate of drug-likeness (QED) is 0.472. The Kier molecular flexibility index (Phi) is 5.35. The molecule has 3 aliphatic carbocycles. The molecule has 10 nitrogen and oxygen atoms in total. The maximum Gasteiger partial charge on any atom is 0.422 e. The molecule has 37 heavy (non-hydrogen) atoms. The normalized spacial score (nSPS) is 24.9. The molecule has 0 atom stereocenters. The summed E-state index contributed by atoms with van der Waals surface area (Å²) in [6.07, 6.45) is 5.18. The van der Waals surface area contributed by atoms with Gasteiger partial charge in [0.15, 0.2) is 6.61 Å². The van der Waals surface area contributed by atoms with Gasteiger partial charge in [0.25, 0.3) is 11.8 Å². The number of alkyl halides is 3. The fourth-order valence-electron chi connectivity index (χ4n) is 5.38. The Hall–Kier alpha value is -3.77. The summed E-state index contributed by atoms with van der Waals surface area (Å²) in [5, 5.41) is 11.5. The van der Waals surface area contributed by atoms with Crippen molar-refractivity contribution in [1.29, 1.82) is 0 Å². The number of pyridine rings is 1. The number of amides is 2. The van der Waals surface area contributed by atoms with Crippen molar-refractivity contribution in [3.63, 3.8) is 0 Å². The van der Waals surface area contributed by atoms with E-state index in [0.29, 0.717) is 28.6 Å². The molecule has 13 heteroatoms. The molecule has 3 aliphatic rings. The lowest BCUT2D eigenvalue weighted by atomic mass is 9.53. The van der Waals surface area contributed by atoms with Crippen LogP contribution >= 0.6 is 0 Å². The molecule has 3 fully saturated rings. The number of hydrogen-bond donors (Lipinski definition) is 2. The first-order chi connectivity index (χ1) is 17.6. The first-order valence-corrected chi connectivity index (χ1v) is 12.1. The van der Waals surface area contributed by atoms with Crippen LogP contribution in [0.25, 0.3) is 5.52 Å². The molecule has 3 aromatic heterocycles. The largest absolute Gasteiger partial charge is 0.483 e. The maximum atomic E-state index is 12.8. The van der Waals surface area contributed by atoms with Gasteiger partial charge in [-0.15, -0.1) is 5.10 Å². The Labute approximate surface area is 208 Å². The molecule has 3 heterocycles. The van der Waals surface area contributed by atoms with Gasteiger partial charge >= 0.3 is 6.18 Å². The number of aromatic nitrogens is 4. The van der Waals surface area contributed by atoms with E-state index >= 15 is 0 Å². The highest BCUT2D eigenvalue weighted by Crippen LogP contribution is 2.57. The van der Waals surface area contributed by atoms with E-state index in [1.807, 2.05) is 0 Å². The zero-order chi connectivity index (χ0) is 25.9. The van der Waals surface area contributed by atoms with Gasteiger partial charge in [-0.3, -0.25) is 14.3 Å². The standard InChI is InChI=1S/C24H25F3N6O4/c25-24(26,27)12-36-15-3-4-19-17(9-29-33(19)10-15)21(35)30-13-5-23(6-13)7-16(8-23)37-22-18(20(28)34)11-32(31-22)14-1-2-14/h3-4,9-11,13-14,16H,1-2,5-8,12H2,(H2,28,34)(H,30,35)/t13-,16-,23?. The smallest absolute Gasteiger partial charge is 0.422 e. The molecule has 0 unspecified atom stereocenters. The number of hydrogen-bond acceptors (Lipinski definition) is 6. The molecule has 6 rings (SSSR count). The summed E-state index contributed by atoms with van der Waals surface area (Å²) in [6.45, 7) is -1.40. The Morgan fingerprint density at radius 3 is 2.57 bits per heavy atom. The van der Waals surface area contributed by atoms with Crippen LogP contribution in [0.3, 0.4) is 0 Å². The third-order valence-electron chi connectivity index (χ3n) is 7.31. The van der Waals surface area contributed by atoms with Crippen LogP contribution in [0.5, 0.6) is 11.6 Å². The second-order valence-electron chi connectivity index (χ2n) is 10.3. The average Bonchev–Trinajstić information content (AvgIpc) is 3.40. The Balaban J connectivity index is 1.01. The summed E-state index contributed by atoms with van der Waals surface area (Å²) in [6, 6.07) is 3.21. The predicted molar refractivity (Wildman–Crippen MR) is 122 cm³/mol. The average molecular weight is 518 g/mol. The highest BCUT2D eigenvalue weighted by molar-refractivity contribution is 6.00. The van der Waals surface area contributed by atoms with Gasteiger partial charge in [-0.2, -0.15) is 18.3 Å². The van der Waals surface area contributed by atoms with Gasteiger partial charge in [0, 0.05) is 12.2 Å². The number of nitrogens with two attached hydrogens (primary N) is 1. The minimum atomic E-state index is -4.44. The van der Waals surface area contributed by atoms with Gasteiger partial charge in [0.05, 0.1) is 29.5 Å². The second-order valence-corrected chi connectivity index (χ2v) is 10.3. The van der Waals surface area contributed by atoms with E-state index in [-0.39, 0.29) is 29.2 Å². The molecule has 3 saturated carbocycles. The molecule has 2 amide bonds. The highest BCUT2D eigenvalue weighted by atomic mass is 19.4. The Morgan fingerprint density at radius 2 is 1.89 bits per heavy atom. The van der Waals surface area contributed by atoms with Gasteiger partial charge < -0.3 is 20.5 Å². The van der Waals surface area contributed by atoms with Crippen molar-refractivity contribution >= 4 is 17.3 Å².